The second-order valence-electron chi connectivity index (χ2n) is 4.49. The lowest BCUT2D eigenvalue weighted by atomic mass is 10.1. The van der Waals surface area contributed by atoms with Crippen LogP contribution in [-0.2, 0) is 6.18 Å². The number of nitrogens with zero attached hydrogens (tertiary/aromatic N) is 1. The van der Waals surface area contributed by atoms with E-state index < -0.39 is 11.7 Å². The van der Waals surface area contributed by atoms with E-state index >= 15 is 0 Å². The Morgan fingerprint density at radius 2 is 1.81 bits per heavy atom. The third-order valence-corrected chi connectivity index (χ3v) is 3.32. The van der Waals surface area contributed by atoms with E-state index in [0.717, 1.165) is 6.07 Å². The number of anilines is 2. The zero-order valence-electron chi connectivity index (χ0n) is 10.9. The first-order valence-corrected chi connectivity index (χ1v) is 6.74. The van der Waals surface area contributed by atoms with Crippen LogP contribution in [0.5, 0.6) is 0 Å². The van der Waals surface area contributed by atoms with E-state index in [0.29, 0.717) is 21.4 Å². The fraction of sp³-hybridized carbons (Fsp3) is 0.133. The summed E-state index contributed by atoms with van der Waals surface area (Å²) in [4.78, 5) is 0. The van der Waals surface area contributed by atoms with Gasteiger partial charge >= 0.3 is 6.18 Å². The van der Waals surface area contributed by atoms with Crippen molar-refractivity contribution < 1.29 is 13.2 Å². The van der Waals surface area contributed by atoms with Gasteiger partial charge in [0.2, 0.25) is 0 Å². The van der Waals surface area contributed by atoms with Gasteiger partial charge in [-0.2, -0.15) is 18.4 Å². The van der Waals surface area contributed by atoms with Crippen LogP contribution in [0.15, 0.2) is 40.9 Å². The largest absolute Gasteiger partial charge is 0.416 e. The fourth-order valence-electron chi connectivity index (χ4n) is 1.90. The van der Waals surface area contributed by atoms with Gasteiger partial charge in [0, 0.05) is 15.8 Å². The van der Waals surface area contributed by atoms with Crippen molar-refractivity contribution in [1.29, 1.82) is 5.26 Å². The van der Waals surface area contributed by atoms with Crippen molar-refractivity contribution in [2.24, 2.45) is 0 Å². The van der Waals surface area contributed by atoms with E-state index in [9.17, 15) is 13.2 Å². The van der Waals surface area contributed by atoms with Gasteiger partial charge in [-0.1, -0.05) is 22.0 Å². The normalized spacial score (nSPS) is 11.0. The number of rotatable bonds is 2. The summed E-state index contributed by atoms with van der Waals surface area (Å²) in [6.07, 6.45) is -4.39. The molecule has 0 aliphatic rings. The highest BCUT2D eigenvalue weighted by molar-refractivity contribution is 9.10. The molecule has 2 rings (SSSR count). The number of benzene rings is 2. The van der Waals surface area contributed by atoms with Gasteiger partial charge in [0.05, 0.1) is 17.2 Å². The molecule has 0 amide bonds. The SMILES string of the molecule is Cc1ccc(Nc2cc(Br)cc(C#N)c2)cc1C(F)(F)F. The smallest absolute Gasteiger partial charge is 0.355 e. The molecule has 0 atom stereocenters. The minimum absolute atomic E-state index is 0.167. The Hall–Kier alpha value is -2.00. The molecule has 6 heteroatoms. The Balaban J connectivity index is 2.37. The lowest BCUT2D eigenvalue weighted by Gasteiger charge is -2.13. The molecule has 0 heterocycles. The van der Waals surface area contributed by atoms with Crippen LogP contribution in [0, 0.1) is 18.3 Å². The van der Waals surface area contributed by atoms with Crippen molar-refractivity contribution >= 4 is 27.3 Å². The minimum Gasteiger partial charge on any atom is -0.355 e. The number of hydrogen-bond acceptors (Lipinski definition) is 2. The number of alkyl halides is 3. The second-order valence-corrected chi connectivity index (χ2v) is 5.41. The predicted octanol–water partition coefficient (Wildman–Crippen LogP) is 5.39. The predicted molar refractivity (Wildman–Crippen MR) is 78.3 cm³/mol. The quantitative estimate of drug-likeness (QED) is 0.784. The first-order valence-electron chi connectivity index (χ1n) is 5.95. The molecular weight excluding hydrogens is 345 g/mol. The maximum atomic E-state index is 12.9. The summed E-state index contributed by atoms with van der Waals surface area (Å²) in [5.41, 5.74) is 0.755. The fourth-order valence-corrected chi connectivity index (χ4v) is 2.39. The van der Waals surface area contributed by atoms with E-state index in [2.05, 4.69) is 21.2 Å². The van der Waals surface area contributed by atoms with E-state index in [1.54, 1.807) is 24.3 Å². The Morgan fingerprint density at radius 3 is 2.43 bits per heavy atom. The molecule has 21 heavy (non-hydrogen) atoms. The van der Waals surface area contributed by atoms with Gasteiger partial charge in [-0.25, -0.2) is 0 Å². The van der Waals surface area contributed by atoms with Gasteiger partial charge in [0.25, 0.3) is 0 Å². The van der Waals surface area contributed by atoms with Crippen LogP contribution >= 0.6 is 15.9 Å². The zero-order valence-corrected chi connectivity index (χ0v) is 12.5. The topological polar surface area (TPSA) is 35.8 Å². The zero-order chi connectivity index (χ0) is 15.6. The summed E-state index contributed by atoms with van der Waals surface area (Å²) < 4.78 is 39.3. The molecule has 0 unspecified atom stereocenters. The molecule has 2 aromatic carbocycles. The van der Waals surface area contributed by atoms with Gasteiger partial charge in [-0.05, 0) is 42.8 Å². The standard InChI is InChI=1S/C15H10BrF3N2/c1-9-2-3-12(7-14(9)15(17,18)19)21-13-5-10(8-20)4-11(16)6-13/h2-7,21H,1H3. The average molecular weight is 355 g/mol. The van der Waals surface area contributed by atoms with Crippen molar-refractivity contribution in [2.75, 3.05) is 5.32 Å². The Bertz CT molecular complexity index is 718. The molecule has 0 spiro atoms. The molecule has 108 valence electrons. The molecule has 0 bridgehead atoms. The van der Waals surface area contributed by atoms with Crippen molar-refractivity contribution in [3.8, 4) is 6.07 Å². The average Bonchev–Trinajstić information content (AvgIpc) is 2.39. The van der Waals surface area contributed by atoms with E-state index in [1.807, 2.05) is 6.07 Å². The van der Waals surface area contributed by atoms with Crippen LogP contribution < -0.4 is 5.32 Å². The number of halogens is 4. The lowest BCUT2D eigenvalue weighted by Crippen LogP contribution is -2.08. The van der Waals surface area contributed by atoms with Crippen LogP contribution in [0.4, 0.5) is 24.5 Å². The van der Waals surface area contributed by atoms with Crippen molar-refractivity contribution in [3.63, 3.8) is 0 Å². The van der Waals surface area contributed by atoms with E-state index in [4.69, 9.17) is 5.26 Å². The molecule has 0 aliphatic carbocycles. The summed E-state index contributed by atoms with van der Waals surface area (Å²) in [5, 5.41) is 11.8. The van der Waals surface area contributed by atoms with Gasteiger partial charge in [0.15, 0.2) is 0 Å². The molecule has 0 aliphatic heterocycles. The maximum Gasteiger partial charge on any atom is 0.416 e. The molecule has 0 radical (unpaired) electrons. The van der Waals surface area contributed by atoms with Crippen LogP contribution in [0.2, 0.25) is 0 Å². The molecule has 2 nitrogen and oxygen atoms in total. The highest BCUT2D eigenvalue weighted by Gasteiger charge is 2.32. The highest BCUT2D eigenvalue weighted by atomic mass is 79.9. The van der Waals surface area contributed by atoms with E-state index in [1.165, 1.54) is 13.0 Å². The molecular formula is C15H10BrF3N2. The van der Waals surface area contributed by atoms with Crippen LogP contribution in [0.1, 0.15) is 16.7 Å². The van der Waals surface area contributed by atoms with Gasteiger partial charge in [-0.15, -0.1) is 0 Å². The maximum absolute atomic E-state index is 12.9. The van der Waals surface area contributed by atoms with Crippen LogP contribution in [0.25, 0.3) is 0 Å². The number of nitrogens with one attached hydrogen (secondary N) is 1. The number of hydrogen-bond donors (Lipinski definition) is 1. The molecule has 0 aromatic heterocycles. The summed E-state index contributed by atoms with van der Waals surface area (Å²) in [6, 6.07) is 10.9. The Morgan fingerprint density at radius 1 is 1.10 bits per heavy atom. The summed E-state index contributed by atoms with van der Waals surface area (Å²) in [6.45, 7) is 1.42. The molecule has 1 N–H and O–H groups in total. The first kappa shape index (κ1) is 15.4. The van der Waals surface area contributed by atoms with Gasteiger partial charge in [-0.3, -0.25) is 0 Å². The van der Waals surface area contributed by atoms with Crippen molar-refractivity contribution in [1.82, 2.24) is 0 Å². The third kappa shape index (κ3) is 3.76. The lowest BCUT2D eigenvalue weighted by molar-refractivity contribution is -0.138. The van der Waals surface area contributed by atoms with Gasteiger partial charge < -0.3 is 5.32 Å². The van der Waals surface area contributed by atoms with Crippen LogP contribution in [0.3, 0.4) is 0 Å². The van der Waals surface area contributed by atoms with E-state index in [-0.39, 0.29) is 5.56 Å². The Labute approximate surface area is 128 Å². The van der Waals surface area contributed by atoms with Crippen molar-refractivity contribution in [3.05, 3.63) is 57.6 Å². The third-order valence-electron chi connectivity index (χ3n) is 2.86. The summed E-state index contributed by atoms with van der Waals surface area (Å²) in [7, 11) is 0. The summed E-state index contributed by atoms with van der Waals surface area (Å²) >= 11 is 3.25. The highest BCUT2D eigenvalue weighted by Crippen LogP contribution is 2.34. The second kappa shape index (κ2) is 5.78. The molecule has 0 fully saturated rings. The molecule has 0 saturated carbocycles. The minimum atomic E-state index is -4.39. The summed E-state index contributed by atoms with van der Waals surface area (Å²) in [5.74, 6) is 0. The van der Waals surface area contributed by atoms with Crippen LogP contribution in [-0.4, -0.2) is 0 Å². The monoisotopic (exact) mass is 354 g/mol. The molecule has 0 saturated heterocycles. The molecule has 2 aromatic rings. The number of nitriles is 1. The van der Waals surface area contributed by atoms with Crippen molar-refractivity contribution in [2.45, 2.75) is 13.1 Å². The Kier molecular flexibility index (Phi) is 4.24. The number of aryl methyl sites for hydroxylation is 1. The first-order chi connectivity index (χ1) is 9.79. The van der Waals surface area contributed by atoms with Gasteiger partial charge in [0.1, 0.15) is 0 Å².